The molecule has 0 spiro atoms. The van der Waals surface area contributed by atoms with Gasteiger partial charge in [0.25, 0.3) is 0 Å². The molecule has 1 fully saturated rings. The number of esters is 2. The molecule has 0 radical (unpaired) electrons. The van der Waals surface area contributed by atoms with Crippen LogP contribution >= 0.6 is 0 Å². The Kier molecular flexibility index (Phi) is 6.20. The molecule has 1 saturated heterocycles. The smallest absolute Gasteiger partial charge is 0.303 e. The molecule has 0 aliphatic carbocycles. The van der Waals surface area contributed by atoms with E-state index in [9.17, 15) is 9.59 Å². The van der Waals surface area contributed by atoms with E-state index in [1.807, 2.05) is 0 Å². The molecule has 0 aromatic carbocycles. The lowest BCUT2D eigenvalue weighted by Gasteiger charge is -2.40. The van der Waals surface area contributed by atoms with Gasteiger partial charge in [0.1, 0.15) is 12.2 Å². The first-order valence-electron chi connectivity index (χ1n) is 5.97. The lowest BCUT2D eigenvalue weighted by Crippen LogP contribution is -2.57. The summed E-state index contributed by atoms with van der Waals surface area (Å²) in [6, 6.07) is 0. The van der Waals surface area contributed by atoms with Gasteiger partial charge in [-0.25, -0.2) is 0 Å². The van der Waals surface area contributed by atoms with Crippen molar-refractivity contribution in [2.75, 3.05) is 27.4 Å². The highest BCUT2D eigenvalue weighted by Crippen LogP contribution is 2.23. The van der Waals surface area contributed by atoms with E-state index in [1.165, 1.54) is 28.1 Å². The second-order valence-corrected chi connectivity index (χ2v) is 4.25. The first-order valence-corrected chi connectivity index (χ1v) is 5.97. The van der Waals surface area contributed by atoms with Gasteiger partial charge in [-0.15, -0.1) is 0 Å². The Morgan fingerprint density at radius 1 is 1.11 bits per heavy atom. The van der Waals surface area contributed by atoms with Crippen molar-refractivity contribution >= 4 is 11.9 Å². The summed E-state index contributed by atoms with van der Waals surface area (Å²) in [7, 11) is 2.99. The molecule has 110 valence electrons. The average Bonchev–Trinajstić information content (AvgIpc) is 2.31. The van der Waals surface area contributed by atoms with Gasteiger partial charge in [0.15, 0.2) is 12.2 Å². The highest BCUT2D eigenvalue weighted by Gasteiger charge is 2.44. The molecular weight excluding hydrogens is 256 g/mol. The minimum absolute atomic E-state index is 0.171. The fourth-order valence-corrected chi connectivity index (χ4v) is 2.07. The van der Waals surface area contributed by atoms with E-state index in [4.69, 9.17) is 23.7 Å². The zero-order valence-corrected chi connectivity index (χ0v) is 11.6. The van der Waals surface area contributed by atoms with Crippen LogP contribution in [0.3, 0.4) is 0 Å². The van der Waals surface area contributed by atoms with Gasteiger partial charge in [-0.2, -0.15) is 0 Å². The lowest BCUT2D eigenvalue weighted by molar-refractivity contribution is -0.227. The Morgan fingerprint density at radius 2 is 1.74 bits per heavy atom. The average molecular weight is 276 g/mol. The minimum Gasteiger partial charge on any atom is -0.457 e. The Balaban J connectivity index is 2.83. The molecule has 0 saturated carbocycles. The summed E-state index contributed by atoms with van der Waals surface area (Å²) < 4.78 is 26.2. The highest BCUT2D eigenvalue weighted by molar-refractivity contribution is 5.67. The van der Waals surface area contributed by atoms with Crippen LogP contribution < -0.4 is 0 Å². The Hall–Kier alpha value is -1.18. The summed E-state index contributed by atoms with van der Waals surface area (Å²) in [5.74, 6) is -0.900. The molecule has 1 aliphatic rings. The number of carbonyl (C=O) groups is 2. The number of methoxy groups -OCH3 is 2. The van der Waals surface area contributed by atoms with Crippen LogP contribution in [0, 0.1) is 0 Å². The zero-order valence-electron chi connectivity index (χ0n) is 11.6. The Labute approximate surface area is 112 Å². The fourth-order valence-electron chi connectivity index (χ4n) is 2.07. The maximum absolute atomic E-state index is 11.2. The molecule has 1 aliphatic heterocycles. The SMILES string of the molecule is COC[C@H]1OC[C@@H](OC(C)=O)[C@@H](OC)[C@@H]1OC(C)=O. The third-order valence-corrected chi connectivity index (χ3v) is 2.75. The van der Waals surface area contributed by atoms with Gasteiger partial charge in [0, 0.05) is 28.1 Å². The van der Waals surface area contributed by atoms with Crippen LogP contribution in [-0.2, 0) is 33.3 Å². The van der Waals surface area contributed by atoms with Gasteiger partial charge < -0.3 is 23.7 Å². The van der Waals surface area contributed by atoms with E-state index >= 15 is 0 Å². The third-order valence-electron chi connectivity index (χ3n) is 2.75. The molecule has 0 amide bonds. The number of rotatable bonds is 5. The molecule has 1 rings (SSSR count). The Morgan fingerprint density at radius 3 is 2.21 bits per heavy atom. The van der Waals surface area contributed by atoms with Crippen molar-refractivity contribution in [3.05, 3.63) is 0 Å². The van der Waals surface area contributed by atoms with Crippen molar-refractivity contribution in [3.8, 4) is 0 Å². The van der Waals surface area contributed by atoms with Gasteiger partial charge in [-0.3, -0.25) is 9.59 Å². The second-order valence-electron chi connectivity index (χ2n) is 4.25. The van der Waals surface area contributed by atoms with E-state index in [2.05, 4.69) is 0 Å². The van der Waals surface area contributed by atoms with E-state index in [0.717, 1.165) is 0 Å². The van der Waals surface area contributed by atoms with Crippen molar-refractivity contribution in [1.29, 1.82) is 0 Å². The van der Waals surface area contributed by atoms with E-state index in [0.29, 0.717) is 0 Å². The van der Waals surface area contributed by atoms with Gasteiger partial charge in [-0.1, -0.05) is 0 Å². The summed E-state index contributed by atoms with van der Waals surface area (Å²) in [6.07, 6.45) is -2.33. The van der Waals surface area contributed by atoms with Crippen molar-refractivity contribution in [1.82, 2.24) is 0 Å². The number of hydrogen-bond acceptors (Lipinski definition) is 7. The molecule has 0 unspecified atom stereocenters. The highest BCUT2D eigenvalue weighted by atomic mass is 16.6. The summed E-state index contributed by atoms with van der Waals surface area (Å²) in [4.78, 5) is 22.2. The molecular formula is C12H20O7. The molecule has 0 aromatic rings. The molecule has 0 bridgehead atoms. The molecule has 4 atom stereocenters. The first kappa shape index (κ1) is 15.9. The normalized spacial score (nSPS) is 30.7. The van der Waals surface area contributed by atoms with E-state index < -0.39 is 36.4 Å². The van der Waals surface area contributed by atoms with E-state index in [-0.39, 0.29) is 13.2 Å². The maximum atomic E-state index is 11.2. The predicted octanol–water partition coefficient (Wildman–Crippen LogP) is -0.0900. The van der Waals surface area contributed by atoms with Gasteiger partial charge in [-0.05, 0) is 0 Å². The standard InChI is InChI=1S/C12H20O7/c1-7(13)18-10-6-17-9(5-15-3)12(11(10)16-4)19-8(2)14/h9-12H,5-6H2,1-4H3/t9-,10-,11-,12-/m1/s1. The van der Waals surface area contributed by atoms with Crippen LogP contribution in [-0.4, -0.2) is 63.8 Å². The summed E-state index contributed by atoms with van der Waals surface area (Å²) >= 11 is 0. The Bertz CT molecular complexity index is 317. The second kappa shape index (κ2) is 7.42. The molecule has 7 heteroatoms. The van der Waals surface area contributed by atoms with E-state index in [1.54, 1.807) is 0 Å². The summed E-state index contributed by atoms with van der Waals surface area (Å²) in [5.41, 5.74) is 0. The number of hydrogen-bond donors (Lipinski definition) is 0. The molecule has 19 heavy (non-hydrogen) atoms. The lowest BCUT2D eigenvalue weighted by atomic mass is 9.99. The minimum atomic E-state index is -0.680. The van der Waals surface area contributed by atoms with Gasteiger partial charge >= 0.3 is 11.9 Å². The van der Waals surface area contributed by atoms with Crippen LogP contribution in [0.25, 0.3) is 0 Å². The largest absolute Gasteiger partial charge is 0.457 e. The summed E-state index contributed by atoms with van der Waals surface area (Å²) in [5, 5.41) is 0. The van der Waals surface area contributed by atoms with Crippen LogP contribution in [0.5, 0.6) is 0 Å². The van der Waals surface area contributed by atoms with Crippen LogP contribution in [0.4, 0.5) is 0 Å². The topological polar surface area (TPSA) is 80.3 Å². The molecule has 0 N–H and O–H groups in total. The first-order chi connectivity index (χ1) is 8.99. The monoisotopic (exact) mass is 276 g/mol. The fraction of sp³-hybridized carbons (Fsp3) is 0.833. The molecule has 7 nitrogen and oxygen atoms in total. The molecule has 0 aromatic heterocycles. The van der Waals surface area contributed by atoms with Gasteiger partial charge in [0.05, 0.1) is 13.2 Å². The van der Waals surface area contributed by atoms with Crippen LogP contribution in [0.2, 0.25) is 0 Å². The maximum Gasteiger partial charge on any atom is 0.303 e. The van der Waals surface area contributed by atoms with Crippen molar-refractivity contribution in [2.45, 2.75) is 38.3 Å². The van der Waals surface area contributed by atoms with Crippen LogP contribution in [0.1, 0.15) is 13.8 Å². The van der Waals surface area contributed by atoms with Crippen molar-refractivity contribution < 1.29 is 33.3 Å². The third kappa shape index (κ3) is 4.45. The number of carbonyl (C=O) groups excluding carboxylic acids is 2. The molecule has 1 heterocycles. The summed E-state index contributed by atoms with van der Waals surface area (Å²) in [6.45, 7) is 3.02. The van der Waals surface area contributed by atoms with Crippen molar-refractivity contribution in [2.24, 2.45) is 0 Å². The van der Waals surface area contributed by atoms with Gasteiger partial charge in [0.2, 0.25) is 0 Å². The van der Waals surface area contributed by atoms with Crippen LogP contribution in [0.15, 0.2) is 0 Å². The quantitative estimate of drug-likeness (QED) is 0.649. The zero-order chi connectivity index (χ0) is 14.4. The predicted molar refractivity (Wildman–Crippen MR) is 63.5 cm³/mol. The number of ether oxygens (including phenoxy) is 5. The van der Waals surface area contributed by atoms with Crippen molar-refractivity contribution in [3.63, 3.8) is 0 Å².